The van der Waals surface area contributed by atoms with Gasteiger partial charge in [-0.1, -0.05) is 6.92 Å². The van der Waals surface area contributed by atoms with Crippen molar-refractivity contribution in [2.75, 3.05) is 14.1 Å². The van der Waals surface area contributed by atoms with Crippen LogP contribution < -0.4 is 10.4 Å². The summed E-state index contributed by atoms with van der Waals surface area (Å²) in [7, 11) is 4.13. The van der Waals surface area contributed by atoms with Crippen LogP contribution in [0.15, 0.2) is 42.5 Å². The van der Waals surface area contributed by atoms with E-state index in [0.29, 0.717) is 6.04 Å². The summed E-state index contributed by atoms with van der Waals surface area (Å²) in [5.41, 5.74) is 1.23. The van der Waals surface area contributed by atoms with Gasteiger partial charge in [0, 0.05) is 0 Å². The molecular weight excluding hydrogens is 281 g/mol. The van der Waals surface area contributed by atoms with E-state index in [-0.39, 0.29) is 0 Å². The van der Waals surface area contributed by atoms with E-state index in [9.17, 15) is 0 Å². The molecule has 0 aliphatic rings. The fourth-order valence-electron chi connectivity index (χ4n) is 2.10. The predicted octanol–water partition coefficient (Wildman–Crippen LogP) is 2.78. The van der Waals surface area contributed by atoms with Crippen LogP contribution in [-0.4, -0.2) is 25.7 Å². The summed E-state index contributed by atoms with van der Waals surface area (Å²) in [5, 5.41) is 2.17. The lowest BCUT2D eigenvalue weighted by molar-refractivity contribution is 0.322. The Morgan fingerprint density at radius 3 is 2.50 bits per heavy atom. The summed E-state index contributed by atoms with van der Waals surface area (Å²) < 4.78 is 0. The van der Waals surface area contributed by atoms with Crippen molar-refractivity contribution in [2.24, 2.45) is 0 Å². The van der Waals surface area contributed by atoms with Crippen molar-refractivity contribution in [1.82, 2.24) is 4.90 Å². The zero-order chi connectivity index (χ0) is 13.3. The van der Waals surface area contributed by atoms with Gasteiger partial charge in [0.25, 0.3) is 0 Å². The predicted molar refractivity (Wildman–Crippen MR) is 82.9 cm³/mol. The molecule has 0 aliphatic carbocycles. The Labute approximate surface area is 119 Å². The van der Waals surface area contributed by atoms with E-state index in [2.05, 4.69) is 38.1 Å². The average molecular weight is 298 g/mol. The Hall–Kier alpha value is -0.543. The molecule has 0 aliphatic heterocycles. The fraction of sp³-hybridized carbons (Fsp3) is 0.286. The second-order valence-electron chi connectivity index (χ2n) is 4.78. The molecule has 0 radical (unpaired) electrons. The minimum absolute atomic E-state index is 0.314. The third-order valence-corrected chi connectivity index (χ3v) is 8.16. The van der Waals surface area contributed by atoms with Crippen molar-refractivity contribution in [3.63, 3.8) is 0 Å². The number of hydrogen-bond acceptors (Lipinski definition) is 1. The first kappa shape index (κ1) is 13.9. The van der Waals surface area contributed by atoms with E-state index >= 15 is 0 Å². The van der Waals surface area contributed by atoms with Gasteiger partial charge in [-0.15, -0.1) is 0 Å². The first-order chi connectivity index (χ1) is 8.44. The van der Waals surface area contributed by atoms with E-state index in [0.717, 1.165) is 10.4 Å². The second-order valence-corrected chi connectivity index (χ2v) is 11.0. The molecule has 0 saturated carbocycles. The molecule has 98 valence electrons. The zero-order valence-electron chi connectivity index (χ0n) is 10.8. The lowest BCUT2D eigenvalue weighted by atomic mass is 10.1. The van der Waals surface area contributed by atoms with E-state index in [4.69, 9.17) is 22.2 Å². The van der Waals surface area contributed by atoms with Crippen LogP contribution in [0.25, 0.3) is 0 Å². The SMILES string of the molecule is C[C@H](c1cc[cH-]c1[Si](Cl)(Cl)c1cc[cH-]c1)N(C)C. The van der Waals surface area contributed by atoms with Crippen molar-refractivity contribution < 1.29 is 0 Å². The largest absolute Gasteiger partial charge is 0.315 e. The summed E-state index contributed by atoms with van der Waals surface area (Å²) in [6.45, 7) is -0.418. The molecule has 0 heterocycles. The van der Waals surface area contributed by atoms with E-state index in [1.165, 1.54) is 5.56 Å². The highest BCUT2D eigenvalue weighted by Crippen LogP contribution is 2.23. The van der Waals surface area contributed by atoms with E-state index < -0.39 is 6.69 Å². The molecule has 0 amide bonds. The van der Waals surface area contributed by atoms with Crippen LogP contribution in [0.1, 0.15) is 18.5 Å². The Morgan fingerprint density at radius 2 is 1.94 bits per heavy atom. The average Bonchev–Trinajstić information content (AvgIpc) is 2.99. The van der Waals surface area contributed by atoms with Crippen LogP contribution in [-0.2, 0) is 0 Å². The number of rotatable bonds is 4. The van der Waals surface area contributed by atoms with E-state index in [1.807, 2.05) is 30.3 Å². The van der Waals surface area contributed by atoms with Gasteiger partial charge < -0.3 is 4.90 Å². The van der Waals surface area contributed by atoms with Gasteiger partial charge in [-0.25, -0.2) is 12.1 Å². The highest BCUT2D eigenvalue weighted by Gasteiger charge is 2.27. The number of nitrogens with zero attached hydrogens (tertiary/aromatic N) is 1. The fourth-order valence-corrected chi connectivity index (χ4v) is 5.77. The molecule has 0 N–H and O–H groups in total. The minimum Gasteiger partial charge on any atom is -0.315 e. The Balaban J connectivity index is 2.43. The van der Waals surface area contributed by atoms with E-state index in [1.54, 1.807) is 0 Å². The van der Waals surface area contributed by atoms with Gasteiger partial charge in [-0.2, -0.15) is 68.4 Å². The first-order valence-corrected chi connectivity index (χ1v) is 9.99. The maximum atomic E-state index is 6.71. The molecule has 1 nitrogen and oxygen atoms in total. The molecule has 0 fully saturated rings. The molecule has 0 bridgehead atoms. The van der Waals surface area contributed by atoms with Crippen molar-refractivity contribution in [1.29, 1.82) is 0 Å². The van der Waals surface area contributed by atoms with Crippen LogP contribution in [0.3, 0.4) is 0 Å². The first-order valence-electron chi connectivity index (χ1n) is 5.97. The van der Waals surface area contributed by atoms with Crippen molar-refractivity contribution in [3.05, 3.63) is 48.0 Å². The smallest absolute Gasteiger partial charge is 0.221 e. The molecule has 1 atom stereocenters. The number of hydrogen-bond donors (Lipinski definition) is 0. The van der Waals surface area contributed by atoms with Gasteiger partial charge in [0.2, 0.25) is 6.69 Å². The molecule has 2 aromatic rings. The molecule has 0 spiro atoms. The lowest BCUT2D eigenvalue weighted by Crippen LogP contribution is -2.49. The third-order valence-electron chi connectivity index (χ3n) is 3.44. The molecule has 0 saturated heterocycles. The maximum Gasteiger partial charge on any atom is 0.221 e. The highest BCUT2D eigenvalue weighted by atomic mass is 35.7. The van der Waals surface area contributed by atoms with Gasteiger partial charge in [0.1, 0.15) is 0 Å². The third kappa shape index (κ3) is 2.43. The Morgan fingerprint density at radius 1 is 1.22 bits per heavy atom. The summed E-state index contributed by atoms with van der Waals surface area (Å²) in [4.78, 5) is 2.17. The van der Waals surface area contributed by atoms with Crippen LogP contribution in [0, 0.1) is 0 Å². The van der Waals surface area contributed by atoms with Gasteiger partial charge in [0.15, 0.2) is 0 Å². The van der Waals surface area contributed by atoms with Crippen LogP contribution in [0.4, 0.5) is 0 Å². The molecule has 2 aromatic carbocycles. The standard InChI is InChI=1S/C14H17Cl2NSi/c1-11(17(2)3)13-9-6-10-14(13)18(15,16)12-7-4-5-8-12/h4-11H,1-3H3/q-2/t11-/m1/s1. The summed E-state index contributed by atoms with van der Waals surface area (Å²) >= 11 is 13.4. The molecule has 0 unspecified atom stereocenters. The van der Waals surface area contributed by atoms with Crippen molar-refractivity contribution in [3.8, 4) is 0 Å². The topological polar surface area (TPSA) is 3.24 Å². The molecular formula is C14H17Cl2NSi-2. The second kappa shape index (κ2) is 5.22. The Kier molecular flexibility index (Phi) is 4.02. The minimum atomic E-state index is -2.59. The molecule has 18 heavy (non-hydrogen) atoms. The van der Waals surface area contributed by atoms with Crippen molar-refractivity contribution in [2.45, 2.75) is 13.0 Å². The maximum absolute atomic E-state index is 6.71. The normalized spacial score (nSPS) is 14.1. The van der Waals surface area contributed by atoms with Gasteiger partial charge in [0.05, 0.1) is 0 Å². The zero-order valence-corrected chi connectivity index (χ0v) is 13.3. The molecule has 0 aromatic heterocycles. The van der Waals surface area contributed by atoms with Crippen LogP contribution >= 0.6 is 22.2 Å². The summed E-state index contributed by atoms with van der Waals surface area (Å²) in [6, 6.07) is 14.5. The molecule has 4 heteroatoms. The lowest BCUT2D eigenvalue weighted by Gasteiger charge is -2.33. The van der Waals surface area contributed by atoms with Gasteiger partial charge in [-0.05, 0) is 20.1 Å². The Bertz CT molecular complexity index is 500. The number of halogens is 2. The van der Waals surface area contributed by atoms with Crippen LogP contribution in [0.5, 0.6) is 0 Å². The van der Waals surface area contributed by atoms with Crippen molar-refractivity contribution >= 4 is 39.2 Å². The van der Waals surface area contributed by atoms with Crippen LogP contribution in [0.2, 0.25) is 0 Å². The quantitative estimate of drug-likeness (QED) is 0.477. The molecule has 2 rings (SSSR count). The van der Waals surface area contributed by atoms with Gasteiger partial charge in [-0.3, -0.25) is 0 Å². The summed E-state index contributed by atoms with van der Waals surface area (Å²) in [5.74, 6) is 0. The monoisotopic (exact) mass is 297 g/mol. The highest BCUT2D eigenvalue weighted by molar-refractivity contribution is 7.56. The van der Waals surface area contributed by atoms with Gasteiger partial charge >= 0.3 is 0 Å². The summed E-state index contributed by atoms with van der Waals surface area (Å²) in [6.07, 6.45) is 0.